The monoisotopic (exact) mass is 304 g/mol. The number of benzene rings is 1. The minimum absolute atomic E-state index is 0.230. The molecule has 116 valence electrons. The summed E-state index contributed by atoms with van der Waals surface area (Å²) >= 11 is 0. The second-order valence-corrected chi connectivity index (χ2v) is 4.86. The van der Waals surface area contributed by atoms with Crippen molar-refractivity contribution in [3.05, 3.63) is 47.5 Å². The van der Waals surface area contributed by atoms with E-state index in [9.17, 15) is 14.0 Å². The van der Waals surface area contributed by atoms with Gasteiger partial charge in [0.25, 0.3) is 5.91 Å². The van der Waals surface area contributed by atoms with Gasteiger partial charge in [0.15, 0.2) is 0 Å². The molecule has 0 saturated carbocycles. The molecule has 0 saturated heterocycles. The molecule has 1 aromatic carbocycles. The highest BCUT2D eigenvalue weighted by atomic mass is 19.1. The lowest BCUT2D eigenvalue weighted by atomic mass is 10.2. The molecule has 22 heavy (non-hydrogen) atoms. The fourth-order valence-electron chi connectivity index (χ4n) is 2.03. The van der Waals surface area contributed by atoms with Crippen molar-refractivity contribution in [3.63, 3.8) is 0 Å². The molecule has 1 heterocycles. The SMILES string of the molecule is Cc1c(C(=O)NCCCC(N)=O)cnn1-c1ccc(F)cc1. The quantitative estimate of drug-likeness (QED) is 0.789. The Morgan fingerprint density at radius 3 is 2.64 bits per heavy atom. The maximum atomic E-state index is 12.9. The van der Waals surface area contributed by atoms with Crippen LogP contribution in [0.25, 0.3) is 5.69 Å². The molecule has 1 aromatic heterocycles. The minimum Gasteiger partial charge on any atom is -0.370 e. The molecule has 0 aliphatic carbocycles. The number of aromatic nitrogens is 2. The number of nitrogens with two attached hydrogens (primary N) is 1. The predicted octanol–water partition coefficient (Wildman–Crippen LogP) is 1.32. The molecule has 7 heteroatoms. The Bertz CT molecular complexity index is 679. The zero-order valence-corrected chi connectivity index (χ0v) is 12.2. The van der Waals surface area contributed by atoms with Crippen LogP contribution in [0.2, 0.25) is 0 Å². The highest BCUT2D eigenvalue weighted by Crippen LogP contribution is 2.14. The third-order valence-corrected chi connectivity index (χ3v) is 3.21. The number of nitrogens with zero attached hydrogens (tertiary/aromatic N) is 2. The fraction of sp³-hybridized carbons (Fsp3) is 0.267. The summed E-state index contributed by atoms with van der Waals surface area (Å²) in [6.45, 7) is 2.12. The van der Waals surface area contributed by atoms with Crippen LogP contribution >= 0.6 is 0 Å². The van der Waals surface area contributed by atoms with Gasteiger partial charge in [0.2, 0.25) is 5.91 Å². The first-order valence-corrected chi connectivity index (χ1v) is 6.86. The van der Waals surface area contributed by atoms with E-state index in [1.165, 1.54) is 18.3 Å². The van der Waals surface area contributed by atoms with Crippen LogP contribution in [-0.2, 0) is 4.79 Å². The molecule has 2 aromatic rings. The van der Waals surface area contributed by atoms with E-state index in [1.807, 2.05) is 0 Å². The first kappa shape index (κ1) is 15.7. The number of carbonyl (C=O) groups excluding carboxylic acids is 2. The van der Waals surface area contributed by atoms with Crippen LogP contribution < -0.4 is 11.1 Å². The van der Waals surface area contributed by atoms with E-state index in [1.54, 1.807) is 23.7 Å². The Hall–Kier alpha value is -2.70. The smallest absolute Gasteiger partial charge is 0.254 e. The summed E-state index contributed by atoms with van der Waals surface area (Å²) in [5.74, 6) is -0.995. The van der Waals surface area contributed by atoms with Crippen molar-refractivity contribution in [2.75, 3.05) is 6.54 Å². The zero-order chi connectivity index (χ0) is 16.1. The normalized spacial score (nSPS) is 10.5. The van der Waals surface area contributed by atoms with E-state index in [-0.39, 0.29) is 18.1 Å². The Morgan fingerprint density at radius 2 is 2.00 bits per heavy atom. The molecule has 6 nitrogen and oxygen atoms in total. The van der Waals surface area contributed by atoms with Crippen molar-refractivity contribution in [1.82, 2.24) is 15.1 Å². The number of hydrogen-bond acceptors (Lipinski definition) is 3. The van der Waals surface area contributed by atoms with Crippen LogP contribution in [0.4, 0.5) is 4.39 Å². The van der Waals surface area contributed by atoms with Crippen LogP contribution in [0.1, 0.15) is 28.9 Å². The van der Waals surface area contributed by atoms with E-state index in [4.69, 9.17) is 5.73 Å². The topological polar surface area (TPSA) is 90.0 Å². The van der Waals surface area contributed by atoms with Gasteiger partial charge in [0.1, 0.15) is 5.82 Å². The number of rotatable bonds is 6. The number of amides is 2. The molecule has 0 fully saturated rings. The first-order valence-electron chi connectivity index (χ1n) is 6.86. The maximum absolute atomic E-state index is 12.9. The fourth-order valence-corrected chi connectivity index (χ4v) is 2.03. The van der Waals surface area contributed by atoms with Crippen LogP contribution in [0.5, 0.6) is 0 Å². The molecule has 0 spiro atoms. The third-order valence-electron chi connectivity index (χ3n) is 3.21. The van der Waals surface area contributed by atoms with Gasteiger partial charge in [-0.15, -0.1) is 0 Å². The van der Waals surface area contributed by atoms with Gasteiger partial charge in [0.05, 0.1) is 23.1 Å². The van der Waals surface area contributed by atoms with Gasteiger partial charge in [-0.25, -0.2) is 9.07 Å². The van der Waals surface area contributed by atoms with Crippen molar-refractivity contribution in [2.45, 2.75) is 19.8 Å². The summed E-state index contributed by atoms with van der Waals surface area (Å²) in [4.78, 5) is 22.7. The first-order chi connectivity index (χ1) is 10.5. The van der Waals surface area contributed by atoms with Crippen LogP contribution in [-0.4, -0.2) is 28.1 Å². The highest BCUT2D eigenvalue weighted by molar-refractivity contribution is 5.95. The van der Waals surface area contributed by atoms with Crippen molar-refractivity contribution < 1.29 is 14.0 Å². The summed E-state index contributed by atoms with van der Waals surface area (Å²) in [5.41, 5.74) is 6.79. The van der Waals surface area contributed by atoms with E-state index in [0.29, 0.717) is 29.9 Å². The van der Waals surface area contributed by atoms with Gasteiger partial charge in [0, 0.05) is 13.0 Å². The summed E-state index contributed by atoms with van der Waals surface area (Å²) in [7, 11) is 0. The second-order valence-electron chi connectivity index (χ2n) is 4.86. The Balaban J connectivity index is 2.05. The second kappa shape index (κ2) is 6.84. The summed E-state index contributed by atoms with van der Waals surface area (Å²) in [6.07, 6.45) is 2.18. The lowest BCUT2D eigenvalue weighted by Crippen LogP contribution is -2.26. The molecule has 3 N–H and O–H groups in total. The Labute approximate surface area is 127 Å². The molecular weight excluding hydrogens is 287 g/mol. The van der Waals surface area contributed by atoms with E-state index in [2.05, 4.69) is 10.4 Å². The van der Waals surface area contributed by atoms with E-state index >= 15 is 0 Å². The maximum Gasteiger partial charge on any atom is 0.254 e. The molecule has 2 rings (SSSR count). The number of carbonyl (C=O) groups is 2. The van der Waals surface area contributed by atoms with Crippen LogP contribution in [0, 0.1) is 12.7 Å². The zero-order valence-electron chi connectivity index (χ0n) is 12.2. The van der Waals surface area contributed by atoms with Gasteiger partial charge in [-0.1, -0.05) is 0 Å². The number of nitrogens with one attached hydrogen (secondary N) is 1. The van der Waals surface area contributed by atoms with Gasteiger partial charge in [-0.3, -0.25) is 9.59 Å². The average Bonchev–Trinajstić information content (AvgIpc) is 2.86. The molecule has 0 aliphatic heterocycles. The molecule has 0 unspecified atom stereocenters. The molecule has 0 bridgehead atoms. The molecule has 0 aliphatic rings. The third kappa shape index (κ3) is 3.69. The van der Waals surface area contributed by atoms with Gasteiger partial charge in [-0.2, -0.15) is 5.10 Å². The largest absolute Gasteiger partial charge is 0.370 e. The lowest BCUT2D eigenvalue weighted by Gasteiger charge is -2.06. The molecule has 0 radical (unpaired) electrons. The standard InChI is InChI=1S/C15H17FN4O2/c1-10-13(15(22)18-8-2-3-14(17)21)9-19-20(10)12-6-4-11(16)5-7-12/h4-7,9H,2-3,8H2,1H3,(H2,17,21)(H,18,22). The van der Waals surface area contributed by atoms with E-state index in [0.717, 1.165) is 0 Å². The Kier molecular flexibility index (Phi) is 4.88. The highest BCUT2D eigenvalue weighted by Gasteiger charge is 2.14. The average molecular weight is 304 g/mol. The predicted molar refractivity (Wildman–Crippen MR) is 79.0 cm³/mol. The summed E-state index contributed by atoms with van der Waals surface area (Å²) in [5, 5.41) is 6.86. The number of hydrogen-bond donors (Lipinski definition) is 2. The minimum atomic E-state index is -0.394. The lowest BCUT2D eigenvalue weighted by molar-refractivity contribution is -0.118. The van der Waals surface area contributed by atoms with Crippen LogP contribution in [0.3, 0.4) is 0 Å². The molecule has 2 amide bonds. The van der Waals surface area contributed by atoms with Crippen LogP contribution in [0.15, 0.2) is 30.5 Å². The van der Waals surface area contributed by atoms with Crippen molar-refractivity contribution in [3.8, 4) is 5.69 Å². The molecular formula is C15H17FN4O2. The molecule has 0 atom stereocenters. The van der Waals surface area contributed by atoms with Crippen molar-refractivity contribution in [2.24, 2.45) is 5.73 Å². The summed E-state index contributed by atoms with van der Waals surface area (Å²) in [6, 6.07) is 5.84. The Morgan fingerprint density at radius 1 is 1.32 bits per heavy atom. The summed E-state index contributed by atoms with van der Waals surface area (Å²) < 4.78 is 14.5. The van der Waals surface area contributed by atoms with E-state index < -0.39 is 5.91 Å². The van der Waals surface area contributed by atoms with Gasteiger partial charge in [-0.05, 0) is 37.6 Å². The number of primary amides is 1. The van der Waals surface area contributed by atoms with Crippen molar-refractivity contribution >= 4 is 11.8 Å². The number of halogens is 1. The van der Waals surface area contributed by atoms with Gasteiger partial charge < -0.3 is 11.1 Å². The van der Waals surface area contributed by atoms with Crippen molar-refractivity contribution in [1.29, 1.82) is 0 Å². The van der Waals surface area contributed by atoms with Gasteiger partial charge >= 0.3 is 0 Å².